The molecule has 0 heterocycles. The van der Waals surface area contributed by atoms with E-state index in [-0.39, 0.29) is 0 Å². The fourth-order valence-electron chi connectivity index (χ4n) is 2.84. The van der Waals surface area contributed by atoms with Crippen LogP contribution < -0.4 is 0 Å². The van der Waals surface area contributed by atoms with Gasteiger partial charge in [0.15, 0.2) is 0 Å². The van der Waals surface area contributed by atoms with Gasteiger partial charge in [0.05, 0.1) is 0 Å². The molecule has 0 heteroatoms. The molecule has 0 atom stereocenters. The van der Waals surface area contributed by atoms with Crippen molar-refractivity contribution in [2.45, 2.75) is 6.92 Å². The average Bonchev–Trinajstić information content (AvgIpc) is 2.35. The molecule has 0 saturated carbocycles. The van der Waals surface area contributed by atoms with Crippen molar-refractivity contribution in [1.82, 2.24) is 0 Å². The van der Waals surface area contributed by atoms with Crippen LogP contribution >= 0.6 is 0 Å². The molecule has 4 aromatic rings. The van der Waals surface area contributed by atoms with Gasteiger partial charge in [0.2, 0.25) is 0 Å². The van der Waals surface area contributed by atoms with Crippen LogP contribution in [-0.2, 0) is 0 Å². The molecule has 0 saturated heterocycles. The van der Waals surface area contributed by atoms with Gasteiger partial charge in [-0.1, -0.05) is 36.4 Å². The Balaban J connectivity index is 2.45. The Morgan fingerprint density at radius 3 is 1.76 bits per heavy atom. The standard InChI is InChI=1S/C17H11/c1-11-9-14-7-5-12-3-2-4-13-6-8-15(10-11)17(14)16(12)13/h3-10H,1H3. The lowest BCUT2D eigenvalue weighted by Gasteiger charge is -2.10. The third kappa shape index (κ3) is 1.13. The molecule has 0 unspecified atom stereocenters. The maximum absolute atomic E-state index is 3.21. The van der Waals surface area contributed by atoms with Crippen LogP contribution in [0.3, 0.4) is 0 Å². The molecule has 0 amide bonds. The van der Waals surface area contributed by atoms with E-state index in [9.17, 15) is 0 Å². The average molecular weight is 215 g/mol. The predicted octanol–water partition coefficient (Wildman–Crippen LogP) is 4.69. The molecular weight excluding hydrogens is 204 g/mol. The molecule has 0 nitrogen and oxygen atoms in total. The van der Waals surface area contributed by atoms with Crippen LogP contribution in [0.1, 0.15) is 5.56 Å². The van der Waals surface area contributed by atoms with E-state index in [1.54, 1.807) is 0 Å². The minimum absolute atomic E-state index is 1.28. The molecule has 0 aromatic heterocycles. The van der Waals surface area contributed by atoms with Crippen molar-refractivity contribution in [1.29, 1.82) is 0 Å². The summed E-state index contributed by atoms with van der Waals surface area (Å²) in [7, 11) is 0. The SMILES string of the molecule is Cc1cc2ccc3c[c]cc4ccc(c1)c2c34. The second-order valence-electron chi connectivity index (χ2n) is 4.73. The normalized spacial score (nSPS) is 11.8. The highest BCUT2D eigenvalue weighted by molar-refractivity contribution is 6.22. The summed E-state index contributed by atoms with van der Waals surface area (Å²) in [5.74, 6) is 0. The van der Waals surface area contributed by atoms with Crippen LogP contribution in [0.15, 0.2) is 48.5 Å². The highest BCUT2D eigenvalue weighted by Gasteiger charge is 2.07. The molecule has 0 N–H and O–H groups in total. The number of rotatable bonds is 0. The molecule has 0 aliphatic heterocycles. The van der Waals surface area contributed by atoms with E-state index in [2.05, 4.69) is 61.5 Å². The van der Waals surface area contributed by atoms with E-state index in [1.807, 2.05) is 0 Å². The Labute approximate surface area is 99.8 Å². The van der Waals surface area contributed by atoms with Gasteiger partial charge >= 0.3 is 0 Å². The molecule has 0 fully saturated rings. The summed E-state index contributed by atoms with van der Waals surface area (Å²) in [5.41, 5.74) is 1.32. The zero-order chi connectivity index (χ0) is 11.4. The monoisotopic (exact) mass is 215 g/mol. The first-order valence-electron chi connectivity index (χ1n) is 5.88. The van der Waals surface area contributed by atoms with Gasteiger partial charge in [-0.2, -0.15) is 0 Å². The Morgan fingerprint density at radius 1 is 0.706 bits per heavy atom. The van der Waals surface area contributed by atoms with E-state index in [1.165, 1.54) is 37.9 Å². The van der Waals surface area contributed by atoms with Gasteiger partial charge in [-0.25, -0.2) is 0 Å². The summed E-state index contributed by atoms with van der Waals surface area (Å²) < 4.78 is 0. The van der Waals surface area contributed by atoms with Crippen molar-refractivity contribution in [2.75, 3.05) is 0 Å². The van der Waals surface area contributed by atoms with E-state index < -0.39 is 0 Å². The van der Waals surface area contributed by atoms with Gasteiger partial charge in [0, 0.05) is 0 Å². The summed E-state index contributed by atoms with van der Waals surface area (Å²) in [4.78, 5) is 0. The second-order valence-corrected chi connectivity index (χ2v) is 4.73. The van der Waals surface area contributed by atoms with Crippen molar-refractivity contribution in [2.24, 2.45) is 0 Å². The fourth-order valence-corrected chi connectivity index (χ4v) is 2.84. The molecule has 0 spiro atoms. The first-order chi connectivity index (χ1) is 8.33. The Bertz CT molecular complexity index is 776. The zero-order valence-electron chi connectivity index (χ0n) is 9.62. The van der Waals surface area contributed by atoms with Crippen molar-refractivity contribution in [3.05, 3.63) is 60.2 Å². The Kier molecular flexibility index (Phi) is 1.58. The summed E-state index contributed by atoms with van der Waals surface area (Å²) in [6, 6.07) is 20.7. The highest BCUT2D eigenvalue weighted by atomic mass is 14.1. The lowest BCUT2D eigenvalue weighted by atomic mass is 9.93. The van der Waals surface area contributed by atoms with Crippen LogP contribution in [-0.4, -0.2) is 0 Å². The minimum atomic E-state index is 1.28. The summed E-state index contributed by atoms with van der Waals surface area (Å²) in [6.07, 6.45) is 0. The maximum Gasteiger partial charge on any atom is -0.00264 e. The van der Waals surface area contributed by atoms with Crippen molar-refractivity contribution < 1.29 is 0 Å². The maximum atomic E-state index is 3.21. The van der Waals surface area contributed by atoms with Crippen molar-refractivity contribution in [3.8, 4) is 0 Å². The fraction of sp³-hybridized carbons (Fsp3) is 0.0588. The van der Waals surface area contributed by atoms with Gasteiger partial charge in [-0.15, -0.1) is 0 Å². The van der Waals surface area contributed by atoms with Gasteiger partial charge in [-0.3, -0.25) is 0 Å². The third-order valence-corrected chi connectivity index (χ3v) is 3.53. The quantitative estimate of drug-likeness (QED) is 0.373. The van der Waals surface area contributed by atoms with Crippen LogP contribution in [0, 0.1) is 13.0 Å². The number of hydrogen-bond donors (Lipinski definition) is 0. The lowest BCUT2D eigenvalue weighted by molar-refractivity contribution is 1.52. The molecule has 0 aliphatic carbocycles. The van der Waals surface area contributed by atoms with Gasteiger partial charge in [0.1, 0.15) is 0 Å². The largest absolute Gasteiger partial charge is 0.0537 e. The van der Waals surface area contributed by atoms with Gasteiger partial charge < -0.3 is 0 Å². The molecule has 0 bridgehead atoms. The number of benzene rings is 4. The van der Waals surface area contributed by atoms with Crippen LogP contribution in [0.2, 0.25) is 0 Å². The van der Waals surface area contributed by atoms with E-state index in [0.717, 1.165) is 0 Å². The number of aryl methyl sites for hydroxylation is 1. The minimum Gasteiger partial charge on any atom is -0.0537 e. The summed E-state index contributed by atoms with van der Waals surface area (Å²) in [5, 5.41) is 8.00. The van der Waals surface area contributed by atoms with Gasteiger partial charge in [0.25, 0.3) is 0 Å². The molecule has 4 rings (SSSR count). The van der Waals surface area contributed by atoms with Crippen molar-refractivity contribution in [3.63, 3.8) is 0 Å². The predicted molar refractivity (Wildman–Crippen MR) is 73.7 cm³/mol. The molecular formula is C17H11. The molecule has 17 heavy (non-hydrogen) atoms. The molecule has 0 aliphatic rings. The summed E-state index contributed by atoms with van der Waals surface area (Å²) in [6.45, 7) is 2.16. The van der Waals surface area contributed by atoms with Crippen LogP contribution in [0.25, 0.3) is 32.3 Å². The number of hydrogen-bond acceptors (Lipinski definition) is 0. The third-order valence-electron chi connectivity index (χ3n) is 3.53. The Hall–Kier alpha value is -2.08. The first-order valence-corrected chi connectivity index (χ1v) is 5.88. The lowest BCUT2D eigenvalue weighted by Crippen LogP contribution is -1.84. The smallest absolute Gasteiger partial charge is 0.00264 e. The summed E-state index contributed by atoms with van der Waals surface area (Å²) >= 11 is 0. The van der Waals surface area contributed by atoms with E-state index in [4.69, 9.17) is 0 Å². The van der Waals surface area contributed by atoms with E-state index >= 15 is 0 Å². The van der Waals surface area contributed by atoms with Crippen molar-refractivity contribution >= 4 is 32.3 Å². The highest BCUT2D eigenvalue weighted by Crippen LogP contribution is 2.34. The zero-order valence-corrected chi connectivity index (χ0v) is 9.62. The van der Waals surface area contributed by atoms with Crippen LogP contribution in [0.4, 0.5) is 0 Å². The van der Waals surface area contributed by atoms with Gasteiger partial charge in [-0.05, 0) is 63.0 Å². The molecule has 79 valence electrons. The van der Waals surface area contributed by atoms with Crippen LogP contribution in [0.5, 0.6) is 0 Å². The first kappa shape index (κ1) is 9.00. The topological polar surface area (TPSA) is 0 Å². The molecule has 4 aromatic carbocycles. The molecule has 1 radical (unpaired) electrons. The Morgan fingerprint density at radius 2 is 1.18 bits per heavy atom. The second kappa shape index (κ2) is 2.98. The van der Waals surface area contributed by atoms with E-state index in [0.29, 0.717) is 0 Å².